The molecule has 0 saturated carbocycles. The fourth-order valence-electron chi connectivity index (χ4n) is 8.02. The highest BCUT2D eigenvalue weighted by atomic mass is 32.1. The van der Waals surface area contributed by atoms with Gasteiger partial charge < -0.3 is 14.7 Å². The van der Waals surface area contributed by atoms with Crippen LogP contribution in [0.5, 0.6) is 0 Å². The van der Waals surface area contributed by atoms with Crippen molar-refractivity contribution in [1.82, 2.24) is 0 Å². The van der Waals surface area contributed by atoms with Gasteiger partial charge in [0.05, 0.1) is 16.1 Å². The number of anilines is 9. The van der Waals surface area contributed by atoms with Crippen molar-refractivity contribution in [2.75, 3.05) is 14.7 Å². The molecular weight excluding hydrogens is 723 g/mol. The smallest absolute Gasteiger partial charge is 0.0661 e. The van der Waals surface area contributed by atoms with Crippen molar-refractivity contribution in [3.63, 3.8) is 0 Å². The van der Waals surface area contributed by atoms with Gasteiger partial charge >= 0.3 is 0 Å². The number of hydrogen-bond donors (Lipinski definition) is 0. The molecule has 0 atom stereocenters. The maximum Gasteiger partial charge on any atom is 0.0661 e. The molecule has 0 saturated heterocycles. The SMILES string of the molecule is c1ccc(-c2ccc(N(c3ccccc3)c3ccccc3)c3c2sc2c(N(c4ccccc4)c4ccccc4)cc(N(c4ccccc4)c4ccccc4)cc23)cc1. The minimum Gasteiger partial charge on any atom is -0.310 e. The second-order valence-electron chi connectivity index (χ2n) is 14.2. The van der Waals surface area contributed by atoms with E-state index in [1.807, 2.05) is 11.3 Å². The highest BCUT2D eigenvalue weighted by Crippen LogP contribution is 2.54. The van der Waals surface area contributed by atoms with Gasteiger partial charge in [0.2, 0.25) is 0 Å². The third-order valence-electron chi connectivity index (χ3n) is 10.6. The first-order valence-electron chi connectivity index (χ1n) is 19.6. The fraction of sp³-hybridized carbons (Fsp3) is 0. The van der Waals surface area contributed by atoms with Crippen LogP contribution in [0, 0.1) is 0 Å². The summed E-state index contributed by atoms with van der Waals surface area (Å²) in [5, 5.41) is 2.39. The maximum atomic E-state index is 2.42. The largest absolute Gasteiger partial charge is 0.310 e. The van der Waals surface area contributed by atoms with Crippen molar-refractivity contribution in [2.45, 2.75) is 0 Å². The molecule has 0 fully saturated rings. The Morgan fingerprint density at radius 2 is 0.638 bits per heavy atom. The van der Waals surface area contributed by atoms with Gasteiger partial charge in [0.25, 0.3) is 0 Å². The van der Waals surface area contributed by atoms with Gasteiger partial charge in [-0.1, -0.05) is 146 Å². The third-order valence-corrected chi connectivity index (χ3v) is 11.8. The molecule has 1 heterocycles. The Morgan fingerprint density at radius 3 is 1.05 bits per heavy atom. The van der Waals surface area contributed by atoms with Gasteiger partial charge in [0.15, 0.2) is 0 Å². The maximum absolute atomic E-state index is 2.42. The quantitative estimate of drug-likeness (QED) is 0.137. The summed E-state index contributed by atoms with van der Waals surface area (Å²) >= 11 is 1.87. The summed E-state index contributed by atoms with van der Waals surface area (Å²) in [6.07, 6.45) is 0. The first-order valence-corrected chi connectivity index (χ1v) is 20.4. The van der Waals surface area contributed by atoms with Gasteiger partial charge in [-0.2, -0.15) is 0 Å². The lowest BCUT2D eigenvalue weighted by molar-refractivity contribution is 1.26. The van der Waals surface area contributed by atoms with Crippen LogP contribution >= 0.6 is 11.3 Å². The summed E-state index contributed by atoms with van der Waals surface area (Å²) in [6, 6.07) is 84.6. The fourth-order valence-corrected chi connectivity index (χ4v) is 9.37. The van der Waals surface area contributed by atoms with E-state index in [1.165, 1.54) is 31.3 Å². The Morgan fingerprint density at radius 1 is 0.276 bits per heavy atom. The van der Waals surface area contributed by atoms with Crippen LogP contribution in [0.2, 0.25) is 0 Å². The first-order chi connectivity index (χ1) is 28.8. The zero-order chi connectivity index (χ0) is 38.7. The highest BCUT2D eigenvalue weighted by molar-refractivity contribution is 7.27. The standard InChI is InChI=1S/C54H39N3S/c1-8-22-40(23-9-1)48-36-37-50(56(43-28-14-4-15-29-43)44-30-16-5-17-31-44)52-49-38-47(55(41-24-10-2-11-25-41)42-26-12-3-13-27-42)39-51(53(49)58-54(48)52)57(45-32-18-6-19-33-45)46-34-20-7-21-35-46/h1-39H. The van der Waals surface area contributed by atoms with Crippen LogP contribution in [0.4, 0.5) is 51.2 Å². The molecule has 276 valence electrons. The van der Waals surface area contributed by atoms with E-state index in [9.17, 15) is 0 Å². The molecule has 4 heteroatoms. The van der Waals surface area contributed by atoms with Crippen LogP contribution in [0.15, 0.2) is 237 Å². The van der Waals surface area contributed by atoms with E-state index in [4.69, 9.17) is 0 Å². The van der Waals surface area contributed by atoms with E-state index in [2.05, 4.69) is 251 Å². The van der Waals surface area contributed by atoms with Gasteiger partial charge in [-0.05, 0) is 102 Å². The Labute approximate surface area is 343 Å². The van der Waals surface area contributed by atoms with Crippen molar-refractivity contribution >= 4 is 82.7 Å². The van der Waals surface area contributed by atoms with Crippen molar-refractivity contribution in [3.05, 3.63) is 237 Å². The Hall–Kier alpha value is -7.40. The molecule has 3 nitrogen and oxygen atoms in total. The lowest BCUT2D eigenvalue weighted by Gasteiger charge is -2.30. The number of rotatable bonds is 10. The summed E-state index contributed by atoms with van der Waals surface area (Å²) in [5.41, 5.74) is 12.3. The number of hydrogen-bond acceptors (Lipinski definition) is 4. The molecule has 0 aliphatic carbocycles. The lowest BCUT2D eigenvalue weighted by Crippen LogP contribution is -2.13. The van der Waals surface area contributed by atoms with Gasteiger partial charge in [-0.3, -0.25) is 0 Å². The van der Waals surface area contributed by atoms with E-state index < -0.39 is 0 Å². The predicted octanol–water partition coefficient (Wildman–Crippen LogP) is 16.1. The molecule has 10 aromatic rings. The number of nitrogens with zero attached hydrogens (tertiary/aromatic N) is 3. The van der Waals surface area contributed by atoms with Gasteiger partial charge in [0.1, 0.15) is 0 Å². The average molecular weight is 762 g/mol. The summed E-state index contributed by atoms with van der Waals surface area (Å²) in [5.74, 6) is 0. The molecule has 0 radical (unpaired) electrons. The van der Waals surface area contributed by atoms with E-state index in [0.717, 1.165) is 51.2 Å². The Balaban J connectivity index is 1.37. The topological polar surface area (TPSA) is 9.72 Å². The summed E-state index contributed by atoms with van der Waals surface area (Å²) in [4.78, 5) is 7.21. The number of benzene rings is 9. The molecule has 0 aliphatic rings. The zero-order valence-corrected chi connectivity index (χ0v) is 32.6. The van der Waals surface area contributed by atoms with Gasteiger partial charge in [0, 0.05) is 55.3 Å². The number of thiophene rings is 1. The highest BCUT2D eigenvalue weighted by Gasteiger charge is 2.26. The lowest BCUT2D eigenvalue weighted by atomic mass is 9.99. The van der Waals surface area contributed by atoms with Crippen LogP contribution in [-0.4, -0.2) is 0 Å². The molecule has 10 rings (SSSR count). The molecule has 0 amide bonds. The van der Waals surface area contributed by atoms with Crippen LogP contribution in [-0.2, 0) is 0 Å². The second kappa shape index (κ2) is 15.6. The Kier molecular flexibility index (Phi) is 9.44. The van der Waals surface area contributed by atoms with E-state index >= 15 is 0 Å². The summed E-state index contributed by atoms with van der Waals surface area (Å²) in [6.45, 7) is 0. The minimum atomic E-state index is 1.07. The Bertz CT molecular complexity index is 2800. The third kappa shape index (κ3) is 6.56. The van der Waals surface area contributed by atoms with Crippen molar-refractivity contribution in [3.8, 4) is 11.1 Å². The summed E-state index contributed by atoms with van der Waals surface area (Å²) < 4.78 is 2.44. The van der Waals surface area contributed by atoms with Crippen LogP contribution < -0.4 is 14.7 Å². The molecule has 58 heavy (non-hydrogen) atoms. The van der Waals surface area contributed by atoms with Gasteiger partial charge in [-0.15, -0.1) is 11.3 Å². The zero-order valence-electron chi connectivity index (χ0n) is 31.8. The summed E-state index contributed by atoms with van der Waals surface area (Å²) in [7, 11) is 0. The molecule has 0 spiro atoms. The molecule has 0 N–H and O–H groups in total. The van der Waals surface area contributed by atoms with Gasteiger partial charge in [-0.25, -0.2) is 0 Å². The predicted molar refractivity (Wildman–Crippen MR) is 249 cm³/mol. The van der Waals surface area contributed by atoms with E-state index in [-0.39, 0.29) is 0 Å². The molecule has 0 aliphatic heterocycles. The molecular formula is C54H39N3S. The molecule has 1 aromatic heterocycles. The first kappa shape index (κ1) is 35.0. The minimum absolute atomic E-state index is 1.07. The molecule has 0 bridgehead atoms. The second-order valence-corrected chi connectivity index (χ2v) is 15.2. The normalized spacial score (nSPS) is 11.1. The van der Waals surface area contributed by atoms with Crippen LogP contribution in [0.3, 0.4) is 0 Å². The molecule has 9 aromatic carbocycles. The van der Waals surface area contributed by atoms with E-state index in [1.54, 1.807) is 0 Å². The van der Waals surface area contributed by atoms with Crippen molar-refractivity contribution in [1.29, 1.82) is 0 Å². The number of para-hydroxylation sites is 6. The number of fused-ring (bicyclic) bond motifs is 3. The van der Waals surface area contributed by atoms with E-state index in [0.29, 0.717) is 0 Å². The van der Waals surface area contributed by atoms with Crippen LogP contribution in [0.1, 0.15) is 0 Å². The average Bonchev–Trinajstić information content (AvgIpc) is 3.69. The van der Waals surface area contributed by atoms with Crippen molar-refractivity contribution < 1.29 is 0 Å². The molecule has 0 unspecified atom stereocenters. The van der Waals surface area contributed by atoms with Crippen LogP contribution in [0.25, 0.3) is 31.3 Å². The van der Waals surface area contributed by atoms with Crippen molar-refractivity contribution in [2.24, 2.45) is 0 Å². The monoisotopic (exact) mass is 761 g/mol.